The number of pyridine rings is 1. The van der Waals surface area contributed by atoms with Gasteiger partial charge in [0.25, 0.3) is 0 Å². The van der Waals surface area contributed by atoms with Crippen molar-refractivity contribution in [1.82, 2.24) is 9.71 Å². The molecule has 2 N–H and O–H groups in total. The van der Waals surface area contributed by atoms with E-state index in [2.05, 4.69) is 9.71 Å². The summed E-state index contributed by atoms with van der Waals surface area (Å²) in [4.78, 5) is 14.7. The second kappa shape index (κ2) is 6.47. The van der Waals surface area contributed by atoms with Gasteiger partial charge in [0, 0.05) is 12.4 Å². The van der Waals surface area contributed by atoms with E-state index >= 15 is 0 Å². The number of nitrogens with one attached hydrogen (secondary N) is 1. The van der Waals surface area contributed by atoms with Crippen LogP contribution in [0.3, 0.4) is 0 Å². The summed E-state index contributed by atoms with van der Waals surface area (Å²) in [5, 5.41) is 8.97. The lowest BCUT2D eigenvalue weighted by molar-refractivity contribution is -0.137. The third-order valence-electron chi connectivity index (χ3n) is 2.82. The summed E-state index contributed by atoms with van der Waals surface area (Å²) in [6.45, 7) is 0. The molecule has 0 radical (unpaired) electrons. The molecule has 2 rings (SSSR count). The number of carboxylic acids is 1. The molecule has 0 aliphatic rings. The van der Waals surface area contributed by atoms with Crippen molar-refractivity contribution in [2.24, 2.45) is 0 Å². The van der Waals surface area contributed by atoms with Gasteiger partial charge in [0.1, 0.15) is 4.90 Å². The van der Waals surface area contributed by atoms with Gasteiger partial charge in [-0.2, -0.15) is 0 Å². The number of aromatic nitrogens is 1. The lowest BCUT2D eigenvalue weighted by Gasteiger charge is -2.17. The molecule has 0 saturated carbocycles. The van der Waals surface area contributed by atoms with E-state index < -0.39 is 22.0 Å². The number of hydrogen-bond donors (Lipinski definition) is 2. The standard InChI is InChI=1S/C14H14N2O4S/c17-14(18)9-13(11-5-2-1-3-6-11)16-21(19,20)12-7-4-8-15-10-12/h1-8,10,13,16H,9H2,(H,17,18). The average Bonchev–Trinajstić information content (AvgIpc) is 2.48. The number of rotatable bonds is 6. The number of hydrogen-bond acceptors (Lipinski definition) is 4. The van der Waals surface area contributed by atoms with Gasteiger partial charge in [-0.1, -0.05) is 30.3 Å². The number of sulfonamides is 1. The summed E-state index contributed by atoms with van der Waals surface area (Å²) < 4.78 is 26.9. The normalized spacial score (nSPS) is 12.8. The first kappa shape index (κ1) is 15.1. The topological polar surface area (TPSA) is 96.4 Å². The van der Waals surface area contributed by atoms with E-state index in [0.29, 0.717) is 5.56 Å². The second-order valence-corrected chi connectivity index (χ2v) is 6.09. The summed E-state index contributed by atoms with van der Waals surface area (Å²) in [5.41, 5.74) is 0.590. The van der Waals surface area contributed by atoms with Gasteiger partial charge in [-0.25, -0.2) is 13.1 Å². The highest BCUT2D eigenvalue weighted by Crippen LogP contribution is 2.20. The van der Waals surface area contributed by atoms with Crippen LogP contribution in [0, 0.1) is 0 Å². The highest BCUT2D eigenvalue weighted by atomic mass is 32.2. The van der Waals surface area contributed by atoms with Crippen molar-refractivity contribution in [1.29, 1.82) is 0 Å². The van der Waals surface area contributed by atoms with Crippen LogP contribution < -0.4 is 4.72 Å². The fourth-order valence-electron chi connectivity index (χ4n) is 1.85. The summed E-state index contributed by atoms with van der Waals surface area (Å²) in [5.74, 6) is -1.09. The lowest BCUT2D eigenvalue weighted by atomic mass is 10.1. The van der Waals surface area contributed by atoms with Gasteiger partial charge in [0.2, 0.25) is 10.0 Å². The largest absolute Gasteiger partial charge is 0.481 e. The molecule has 0 saturated heterocycles. The third-order valence-corrected chi connectivity index (χ3v) is 4.28. The Bertz CT molecular complexity index is 702. The molecule has 1 heterocycles. The highest BCUT2D eigenvalue weighted by Gasteiger charge is 2.23. The minimum Gasteiger partial charge on any atom is -0.481 e. The van der Waals surface area contributed by atoms with Crippen LogP contribution in [0.25, 0.3) is 0 Å². The van der Waals surface area contributed by atoms with Crippen molar-refractivity contribution >= 4 is 16.0 Å². The van der Waals surface area contributed by atoms with E-state index in [4.69, 9.17) is 5.11 Å². The Hall–Kier alpha value is -2.25. The van der Waals surface area contributed by atoms with Crippen LogP contribution in [-0.2, 0) is 14.8 Å². The number of carbonyl (C=O) groups is 1. The SMILES string of the molecule is O=C(O)CC(NS(=O)(=O)c1cccnc1)c1ccccc1. The van der Waals surface area contributed by atoms with Crippen molar-refractivity contribution in [2.75, 3.05) is 0 Å². The molecule has 2 aromatic rings. The number of benzene rings is 1. The van der Waals surface area contributed by atoms with E-state index in [1.807, 2.05) is 0 Å². The molecule has 1 atom stereocenters. The first-order chi connectivity index (χ1) is 9.99. The Morgan fingerprint density at radius 3 is 2.48 bits per heavy atom. The maximum absolute atomic E-state index is 12.3. The molecule has 1 aromatic heterocycles. The molecule has 6 nitrogen and oxygen atoms in total. The Morgan fingerprint density at radius 2 is 1.90 bits per heavy atom. The van der Waals surface area contributed by atoms with Crippen LogP contribution in [0.2, 0.25) is 0 Å². The van der Waals surface area contributed by atoms with Crippen LogP contribution in [0.15, 0.2) is 59.8 Å². The van der Waals surface area contributed by atoms with Crippen molar-refractivity contribution in [3.8, 4) is 0 Å². The van der Waals surface area contributed by atoms with Gasteiger partial charge in [0.15, 0.2) is 0 Å². The smallest absolute Gasteiger partial charge is 0.305 e. The van der Waals surface area contributed by atoms with Crippen molar-refractivity contribution in [2.45, 2.75) is 17.4 Å². The first-order valence-corrected chi connectivity index (χ1v) is 7.66. The number of carboxylic acid groups (broad SMARTS) is 1. The highest BCUT2D eigenvalue weighted by molar-refractivity contribution is 7.89. The maximum atomic E-state index is 12.3. The van der Waals surface area contributed by atoms with Crippen LogP contribution >= 0.6 is 0 Å². The Labute approximate surface area is 122 Å². The Morgan fingerprint density at radius 1 is 1.19 bits per heavy atom. The number of nitrogens with zero attached hydrogens (tertiary/aromatic N) is 1. The van der Waals surface area contributed by atoms with E-state index in [9.17, 15) is 13.2 Å². The van der Waals surface area contributed by atoms with E-state index in [1.54, 1.807) is 30.3 Å². The summed E-state index contributed by atoms with van der Waals surface area (Å²) in [6.07, 6.45) is 2.33. The molecule has 0 aliphatic heterocycles. The lowest BCUT2D eigenvalue weighted by Crippen LogP contribution is -2.30. The molecule has 21 heavy (non-hydrogen) atoms. The van der Waals surface area contributed by atoms with Crippen LogP contribution in [0.5, 0.6) is 0 Å². The minimum absolute atomic E-state index is 0.00341. The molecule has 0 aliphatic carbocycles. The zero-order valence-electron chi connectivity index (χ0n) is 11.0. The van der Waals surface area contributed by atoms with Gasteiger partial charge in [-0.3, -0.25) is 9.78 Å². The molecule has 110 valence electrons. The molecule has 7 heteroatoms. The molecule has 1 unspecified atom stereocenters. The zero-order valence-corrected chi connectivity index (χ0v) is 11.8. The molecule has 0 bridgehead atoms. The molecule has 0 spiro atoms. The minimum atomic E-state index is -3.83. The van der Waals surface area contributed by atoms with Crippen LogP contribution in [-0.4, -0.2) is 24.5 Å². The number of aliphatic carboxylic acids is 1. The Kier molecular flexibility index (Phi) is 4.66. The van der Waals surface area contributed by atoms with Gasteiger partial charge >= 0.3 is 5.97 Å². The van der Waals surface area contributed by atoms with Crippen LogP contribution in [0.1, 0.15) is 18.0 Å². The van der Waals surface area contributed by atoms with Gasteiger partial charge in [0.05, 0.1) is 12.5 Å². The van der Waals surface area contributed by atoms with Crippen molar-refractivity contribution in [3.05, 3.63) is 60.4 Å². The second-order valence-electron chi connectivity index (χ2n) is 4.37. The molecule has 1 aromatic carbocycles. The Balaban J connectivity index is 2.29. The average molecular weight is 306 g/mol. The predicted molar refractivity (Wildman–Crippen MR) is 76.0 cm³/mol. The van der Waals surface area contributed by atoms with Gasteiger partial charge in [-0.05, 0) is 17.7 Å². The van der Waals surface area contributed by atoms with Gasteiger partial charge < -0.3 is 5.11 Å². The van der Waals surface area contributed by atoms with Gasteiger partial charge in [-0.15, -0.1) is 0 Å². The predicted octanol–water partition coefficient (Wildman–Crippen LogP) is 1.58. The summed E-state index contributed by atoms with van der Waals surface area (Å²) in [7, 11) is -3.83. The maximum Gasteiger partial charge on any atom is 0.305 e. The molecular formula is C14H14N2O4S. The summed E-state index contributed by atoms with van der Waals surface area (Å²) in [6, 6.07) is 10.6. The van der Waals surface area contributed by atoms with Crippen LogP contribution in [0.4, 0.5) is 0 Å². The monoisotopic (exact) mass is 306 g/mol. The van der Waals surface area contributed by atoms with E-state index in [-0.39, 0.29) is 11.3 Å². The van der Waals surface area contributed by atoms with Crippen molar-refractivity contribution in [3.63, 3.8) is 0 Å². The van der Waals surface area contributed by atoms with Crippen molar-refractivity contribution < 1.29 is 18.3 Å². The fourth-order valence-corrected chi connectivity index (χ4v) is 3.04. The third kappa shape index (κ3) is 4.11. The first-order valence-electron chi connectivity index (χ1n) is 6.18. The summed E-state index contributed by atoms with van der Waals surface area (Å²) >= 11 is 0. The molecular weight excluding hydrogens is 292 g/mol. The van der Waals surface area contributed by atoms with E-state index in [0.717, 1.165) is 0 Å². The van der Waals surface area contributed by atoms with E-state index in [1.165, 1.54) is 24.5 Å². The zero-order chi connectivity index (χ0) is 15.3. The quantitative estimate of drug-likeness (QED) is 0.844. The fraction of sp³-hybridized carbons (Fsp3) is 0.143. The molecule has 0 amide bonds. The molecule has 0 fully saturated rings.